The van der Waals surface area contributed by atoms with Gasteiger partial charge in [0.25, 0.3) is 0 Å². The minimum absolute atomic E-state index is 0. The monoisotopic (exact) mass is 305 g/mol. The number of alkyl halides is 1. The van der Waals surface area contributed by atoms with Crippen LogP contribution >= 0.6 is 11.6 Å². The number of halogens is 1. The van der Waals surface area contributed by atoms with E-state index < -0.39 is 37.9 Å². The van der Waals surface area contributed by atoms with Gasteiger partial charge in [0.15, 0.2) is 9.84 Å². The van der Waals surface area contributed by atoms with Crippen molar-refractivity contribution in [3.8, 4) is 0 Å². The van der Waals surface area contributed by atoms with Crippen LogP contribution < -0.4 is 56.5 Å². The van der Waals surface area contributed by atoms with Crippen LogP contribution in [0.3, 0.4) is 0 Å². The van der Waals surface area contributed by atoms with Crippen LogP contribution in [-0.2, 0) is 19.4 Å². The number of hydrogen-bond acceptors (Lipinski definition) is 5. The summed E-state index contributed by atoms with van der Waals surface area (Å²) in [6, 6.07) is -1.48. The maximum atomic E-state index is 12.0. The first-order chi connectivity index (χ1) is 7.27. The van der Waals surface area contributed by atoms with E-state index in [9.17, 15) is 23.1 Å². The maximum Gasteiger partial charge on any atom is 1.00 e. The van der Waals surface area contributed by atoms with Crippen LogP contribution in [0.5, 0.6) is 0 Å². The van der Waals surface area contributed by atoms with Crippen molar-refractivity contribution >= 4 is 33.3 Å². The van der Waals surface area contributed by atoms with Crippen molar-refractivity contribution in [1.29, 1.82) is 0 Å². The Labute approximate surface area is 146 Å². The third-order valence-electron chi connectivity index (χ3n) is 3.30. The van der Waals surface area contributed by atoms with Gasteiger partial charge in [-0.15, -0.1) is 11.6 Å². The topological polar surface area (TPSA) is 94.6 Å². The van der Waals surface area contributed by atoms with Gasteiger partial charge in [-0.05, 0) is 6.92 Å². The Hall–Kier alpha value is 0.816. The number of aliphatic carboxylic acids is 1. The Morgan fingerprint density at radius 3 is 2.53 bits per heavy atom. The molecule has 2 fully saturated rings. The van der Waals surface area contributed by atoms with E-state index >= 15 is 0 Å². The molecule has 2 heterocycles. The molecule has 0 bridgehead atoms. The quantitative estimate of drug-likeness (QED) is 0.289. The van der Waals surface area contributed by atoms with Crippen molar-refractivity contribution < 1.29 is 74.5 Å². The first kappa shape index (κ1) is 15.9. The van der Waals surface area contributed by atoms with E-state index in [2.05, 4.69) is 0 Å². The molecule has 0 spiro atoms. The Kier molecular flexibility index (Phi) is 4.42. The van der Waals surface area contributed by atoms with Gasteiger partial charge in [-0.25, -0.2) is 8.42 Å². The average Bonchev–Trinajstić information content (AvgIpc) is 2.32. The Bertz CT molecular complexity index is 480. The number of carbonyl (C=O) groups excluding carboxylic acids is 2. The smallest absolute Gasteiger partial charge is 0.548 e. The van der Waals surface area contributed by atoms with Crippen molar-refractivity contribution in [3.05, 3.63) is 0 Å². The summed E-state index contributed by atoms with van der Waals surface area (Å²) < 4.78 is 22.3. The normalized spacial score (nSPS) is 38.0. The Balaban J connectivity index is 0.00000144. The van der Waals surface area contributed by atoms with Crippen LogP contribution in [0.4, 0.5) is 0 Å². The van der Waals surface area contributed by atoms with E-state index in [0.717, 1.165) is 4.90 Å². The number of β-lactam (4-membered cyclic amide) rings is 1. The molecule has 0 aromatic heterocycles. The SMILES string of the molecule is C[C@]1(CCl)C(C(=O)[O-])N2C(=O)CC2S1(=O)=O.[K+]. The Morgan fingerprint density at radius 1 is 1.65 bits per heavy atom. The zero-order chi connectivity index (χ0) is 12.3. The van der Waals surface area contributed by atoms with Crippen molar-refractivity contribution in [2.24, 2.45) is 0 Å². The van der Waals surface area contributed by atoms with Gasteiger partial charge < -0.3 is 14.8 Å². The second-order valence-corrected chi connectivity index (χ2v) is 7.01. The van der Waals surface area contributed by atoms with Crippen molar-refractivity contribution in [2.75, 3.05) is 5.88 Å². The summed E-state index contributed by atoms with van der Waals surface area (Å²) in [5, 5.41) is 9.92. The minimum Gasteiger partial charge on any atom is -0.548 e. The molecule has 0 aliphatic carbocycles. The molecule has 9 heteroatoms. The number of carbonyl (C=O) groups is 2. The van der Waals surface area contributed by atoms with E-state index in [1.807, 2.05) is 0 Å². The molecular formula is C8H9ClKNO5S. The van der Waals surface area contributed by atoms with Gasteiger partial charge >= 0.3 is 51.4 Å². The van der Waals surface area contributed by atoms with Crippen LogP contribution in [0.2, 0.25) is 0 Å². The number of hydrogen-bond donors (Lipinski definition) is 0. The molecule has 90 valence electrons. The predicted molar refractivity (Wildman–Crippen MR) is 52.1 cm³/mol. The molecular weight excluding hydrogens is 297 g/mol. The van der Waals surface area contributed by atoms with E-state index in [1.54, 1.807) is 0 Å². The molecule has 0 saturated carbocycles. The van der Waals surface area contributed by atoms with Crippen molar-refractivity contribution in [2.45, 2.75) is 29.5 Å². The summed E-state index contributed by atoms with van der Waals surface area (Å²) in [5.74, 6) is -2.45. The van der Waals surface area contributed by atoms with E-state index in [4.69, 9.17) is 11.6 Å². The van der Waals surface area contributed by atoms with Crippen LogP contribution in [0.1, 0.15) is 13.3 Å². The second kappa shape index (κ2) is 4.73. The molecule has 6 nitrogen and oxygen atoms in total. The van der Waals surface area contributed by atoms with Crippen LogP contribution in [0, 0.1) is 0 Å². The zero-order valence-electron chi connectivity index (χ0n) is 9.34. The molecule has 2 rings (SSSR count). The van der Waals surface area contributed by atoms with Gasteiger partial charge in [0.05, 0.1) is 18.4 Å². The number of carboxylic acid groups (broad SMARTS) is 1. The molecule has 2 aliphatic heterocycles. The summed E-state index contributed by atoms with van der Waals surface area (Å²) >= 11 is 5.57. The number of fused-ring (bicyclic) bond motifs is 1. The summed E-state index contributed by atoms with van der Waals surface area (Å²) in [5.41, 5.74) is 0. The van der Waals surface area contributed by atoms with E-state index in [-0.39, 0.29) is 63.7 Å². The third-order valence-corrected chi connectivity index (χ3v) is 6.79. The van der Waals surface area contributed by atoms with Gasteiger partial charge in [-0.3, -0.25) is 4.79 Å². The molecule has 0 N–H and O–H groups in total. The fourth-order valence-electron chi connectivity index (χ4n) is 2.24. The number of sulfone groups is 1. The molecule has 2 unspecified atom stereocenters. The molecule has 0 aromatic rings. The molecule has 3 atom stereocenters. The first-order valence-electron chi connectivity index (χ1n) is 4.59. The fraction of sp³-hybridized carbons (Fsp3) is 0.750. The molecule has 1 amide bonds. The standard InChI is InChI=1S/C8H10ClNO5S.K/c1-8(3-9)6(7(12)13)10-4(11)2-5(10)16(8,14)15;/h5-6H,2-3H2,1H3,(H,12,13);/q;+1/p-1/t5?,6?,8-;/m0./s1. The average molecular weight is 306 g/mol. The van der Waals surface area contributed by atoms with Crippen LogP contribution in [0.15, 0.2) is 0 Å². The van der Waals surface area contributed by atoms with Gasteiger partial charge in [0, 0.05) is 5.88 Å². The zero-order valence-corrected chi connectivity index (χ0v) is 14.0. The van der Waals surface area contributed by atoms with Gasteiger partial charge in [-0.2, -0.15) is 0 Å². The van der Waals surface area contributed by atoms with Gasteiger partial charge in [0.2, 0.25) is 5.91 Å². The van der Waals surface area contributed by atoms with Crippen LogP contribution in [0.25, 0.3) is 0 Å². The van der Waals surface area contributed by atoms with Crippen LogP contribution in [-0.4, -0.2) is 47.2 Å². The number of nitrogens with zero attached hydrogens (tertiary/aromatic N) is 1. The number of amides is 1. The van der Waals surface area contributed by atoms with E-state index in [1.165, 1.54) is 6.92 Å². The maximum absolute atomic E-state index is 12.0. The first-order valence-corrected chi connectivity index (χ1v) is 6.67. The summed E-state index contributed by atoms with van der Waals surface area (Å²) in [7, 11) is -3.75. The fourth-order valence-corrected chi connectivity index (χ4v) is 5.04. The predicted octanol–water partition coefficient (Wildman–Crippen LogP) is -4.91. The molecule has 2 aliphatic rings. The van der Waals surface area contributed by atoms with Crippen molar-refractivity contribution in [1.82, 2.24) is 4.90 Å². The molecule has 17 heavy (non-hydrogen) atoms. The van der Waals surface area contributed by atoms with Gasteiger partial charge in [-0.1, -0.05) is 0 Å². The third kappa shape index (κ3) is 1.84. The Morgan fingerprint density at radius 2 is 2.18 bits per heavy atom. The molecule has 0 aromatic carbocycles. The summed E-state index contributed by atoms with van der Waals surface area (Å²) in [6.45, 7) is 1.24. The molecule has 0 radical (unpaired) electrons. The largest absolute Gasteiger partial charge is 1.00 e. The second-order valence-electron chi connectivity index (χ2n) is 4.17. The summed E-state index contributed by atoms with van der Waals surface area (Å²) in [4.78, 5) is 23.1. The number of rotatable bonds is 2. The minimum atomic E-state index is -3.75. The number of carboxylic acids is 1. The van der Waals surface area contributed by atoms with Crippen molar-refractivity contribution in [3.63, 3.8) is 0 Å². The van der Waals surface area contributed by atoms with Gasteiger partial charge in [0.1, 0.15) is 10.1 Å². The molecule has 2 saturated heterocycles. The van der Waals surface area contributed by atoms with E-state index in [0.29, 0.717) is 0 Å². The summed E-state index contributed by atoms with van der Waals surface area (Å²) in [6.07, 6.45) is -0.168.